The SMILES string of the molecule is CC#N.CC(=O)O.CC(C)=O.CCOC(C)=O.CO. The number of carbonyl (C=O) groups is 3. The van der Waals surface area contributed by atoms with E-state index in [4.69, 9.17) is 20.3 Å². The zero-order valence-corrected chi connectivity index (χ0v) is 12.7. The Morgan fingerprint density at radius 1 is 1.11 bits per heavy atom. The molecule has 0 aliphatic carbocycles. The molecule has 0 saturated carbocycles. The summed E-state index contributed by atoms with van der Waals surface area (Å²) in [6, 6.07) is 1.75. The van der Waals surface area contributed by atoms with Crippen molar-refractivity contribution in [2.24, 2.45) is 0 Å². The average molecular weight is 279 g/mol. The van der Waals surface area contributed by atoms with E-state index in [0.717, 1.165) is 14.0 Å². The standard InChI is InChI=1S/C4H8O2.C3H6O.C2H3N.C2H4O2.CH4O/c1-3-6-4(2)5;1-3(2)4;1-2-3;1-2(3)4;1-2/h3H2,1-2H3;1-2H3;1H3;1H3,(H,3,4);2H,1H3. The normalized spacial score (nSPS) is 5.84. The number of esters is 1. The van der Waals surface area contributed by atoms with Crippen LogP contribution in [0.2, 0.25) is 0 Å². The van der Waals surface area contributed by atoms with Gasteiger partial charge in [-0.05, 0) is 20.8 Å². The Bertz CT molecular complexity index is 225. The lowest BCUT2D eigenvalue weighted by molar-refractivity contribution is -0.140. The monoisotopic (exact) mass is 279 g/mol. The summed E-state index contributed by atoms with van der Waals surface area (Å²) in [5.74, 6) is -0.877. The molecule has 0 saturated heterocycles. The molecule has 0 bridgehead atoms. The summed E-state index contributed by atoms with van der Waals surface area (Å²) in [7, 11) is 1.00. The zero-order chi connectivity index (χ0) is 16.9. The molecule has 0 heterocycles. The van der Waals surface area contributed by atoms with Crippen molar-refractivity contribution in [3.63, 3.8) is 0 Å². The van der Waals surface area contributed by atoms with E-state index in [1.54, 1.807) is 13.0 Å². The molecule has 2 N–H and O–H groups in total. The second-order valence-corrected chi connectivity index (χ2v) is 2.58. The molecule has 114 valence electrons. The van der Waals surface area contributed by atoms with Crippen molar-refractivity contribution in [1.82, 2.24) is 0 Å². The fourth-order valence-electron chi connectivity index (χ4n) is 0.203. The summed E-state index contributed by atoms with van der Waals surface area (Å²) < 4.78 is 4.40. The van der Waals surface area contributed by atoms with Gasteiger partial charge in [0.05, 0.1) is 12.7 Å². The first-order valence-electron chi connectivity index (χ1n) is 5.21. The highest BCUT2D eigenvalue weighted by molar-refractivity contribution is 5.72. The molecule has 0 amide bonds. The maximum absolute atomic E-state index is 9.82. The lowest BCUT2D eigenvalue weighted by Gasteiger charge is -1.89. The molecule has 0 aromatic rings. The van der Waals surface area contributed by atoms with Crippen LogP contribution in [0.5, 0.6) is 0 Å². The minimum absolute atomic E-state index is 0.167. The molecule has 0 aliphatic rings. The van der Waals surface area contributed by atoms with Crippen molar-refractivity contribution in [1.29, 1.82) is 5.26 Å². The number of carboxylic acid groups (broad SMARTS) is 1. The average Bonchev–Trinajstić information content (AvgIpc) is 2.19. The third kappa shape index (κ3) is 2830. The largest absolute Gasteiger partial charge is 0.481 e. The number of ether oxygens (including phenoxy) is 1. The lowest BCUT2D eigenvalue weighted by Crippen LogP contribution is -1.95. The van der Waals surface area contributed by atoms with Crippen molar-refractivity contribution in [3.8, 4) is 6.07 Å². The number of aliphatic hydroxyl groups excluding tert-OH is 1. The van der Waals surface area contributed by atoms with Gasteiger partial charge in [-0.1, -0.05) is 0 Å². The van der Waals surface area contributed by atoms with E-state index >= 15 is 0 Å². The Balaban J connectivity index is -0.0000000452. The van der Waals surface area contributed by atoms with E-state index in [0.29, 0.717) is 6.61 Å². The maximum atomic E-state index is 9.82. The van der Waals surface area contributed by atoms with E-state index in [2.05, 4.69) is 4.74 Å². The number of carbonyl (C=O) groups excluding carboxylic acids is 2. The molecular formula is C12H25NO6. The van der Waals surface area contributed by atoms with E-state index in [9.17, 15) is 9.59 Å². The van der Waals surface area contributed by atoms with E-state index in [-0.39, 0.29) is 11.8 Å². The van der Waals surface area contributed by atoms with Gasteiger partial charge < -0.3 is 19.7 Å². The van der Waals surface area contributed by atoms with Crippen molar-refractivity contribution in [2.45, 2.75) is 41.5 Å². The first kappa shape index (κ1) is 30.3. The third-order valence-corrected chi connectivity index (χ3v) is 0.348. The van der Waals surface area contributed by atoms with Gasteiger partial charge in [0.15, 0.2) is 0 Å². The second-order valence-electron chi connectivity index (χ2n) is 2.58. The van der Waals surface area contributed by atoms with Crippen LogP contribution >= 0.6 is 0 Å². The van der Waals surface area contributed by atoms with Crippen LogP contribution in [-0.4, -0.2) is 41.7 Å². The molecule has 0 aromatic heterocycles. The highest BCUT2D eigenvalue weighted by Crippen LogP contribution is 1.69. The van der Waals surface area contributed by atoms with Gasteiger partial charge >= 0.3 is 5.97 Å². The molecule has 0 fully saturated rings. The van der Waals surface area contributed by atoms with Crippen LogP contribution in [0.3, 0.4) is 0 Å². The number of aliphatic hydroxyl groups is 1. The summed E-state index contributed by atoms with van der Waals surface area (Å²) in [6.45, 7) is 9.22. The van der Waals surface area contributed by atoms with Crippen molar-refractivity contribution >= 4 is 17.7 Å². The van der Waals surface area contributed by atoms with Crippen molar-refractivity contribution < 1.29 is 29.3 Å². The van der Waals surface area contributed by atoms with Gasteiger partial charge in [-0.15, -0.1) is 0 Å². The first-order chi connectivity index (χ1) is 8.65. The number of hydrogen-bond acceptors (Lipinski definition) is 6. The van der Waals surface area contributed by atoms with Crippen LogP contribution < -0.4 is 0 Å². The van der Waals surface area contributed by atoms with Crippen LogP contribution in [0.1, 0.15) is 41.5 Å². The number of Topliss-reactive ketones (excluding diaryl/α,β-unsaturated/α-hetero) is 1. The molecule has 0 radical (unpaired) electrons. The number of hydrogen-bond donors (Lipinski definition) is 2. The summed E-state index contributed by atoms with van der Waals surface area (Å²) in [4.78, 5) is 28.3. The Morgan fingerprint density at radius 3 is 1.26 bits per heavy atom. The van der Waals surface area contributed by atoms with E-state index in [1.165, 1.54) is 27.7 Å². The molecule has 0 atom stereocenters. The molecule has 0 unspecified atom stereocenters. The van der Waals surface area contributed by atoms with Crippen LogP contribution in [0.15, 0.2) is 0 Å². The number of aliphatic carboxylic acids is 1. The molecule has 7 heteroatoms. The predicted molar refractivity (Wildman–Crippen MR) is 71.4 cm³/mol. The van der Waals surface area contributed by atoms with Gasteiger partial charge in [0.25, 0.3) is 5.97 Å². The van der Waals surface area contributed by atoms with Gasteiger partial charge in [-0.25, -0.2) is 0 Å². The highest BCUT2D eigenvalue weighted by Gasteiger charge is 1.81. The Labute approximate surface area is 114 Å². The molecule has 0 aromatic carbocycles. The Hall–Kier alpha value is -1.94. The van der Waals surface area contributed by atoms with E-state index < -0.39 is 5.97 Å². The van der Waals surface area contributed by atoms with Crippen molar-refractivity contribution in [2.75, 3.05) is 13.7 Å². The topological polar surface area (TPSA) is 125 Å². The lowest BCUT2D eigenvalue weighted by atomic mass is 10.6. The number of ketones is 1. The summed E-state index contributed by atoms with van der Waals surface area (Å²) in [6.07, 6.45) is 0. The van der Waals surface area contributed by atoms with Crippen LogP contribution in [0.4, 0.5) is 0 Å². The van der Waals surface area contributed by atoms with Gasteiger partial charge in [-0.2, -0.15) is 5.26 Å². The third-order valence-electron chi connectivity index (χ3n) is 0.348. The highest BCUT2D eigenvalue weighted by atomic mass is 16.5. The minimum atomic E-state index is -0.833. The number of carboxylic acids is 1. The fraction of sp³-hybridized carbons (Fsp3) is 0.667. The predicted octanol–water partition coefficient (Wildman–Crippen LogP) is 1.39. The Morgan fingerprint density at radius 2 is 1.26 bits per heavy atom. The van der Waals surface area contributed by atoms with Crippen LogP contribution in [0, 0.1) is 11.3 Å². The molecule has 19 heavy (non-hydrogen) atoms. The van der Waals surface area contributed by atoms with Crippen LogP contribution in [0.25, 0.3) is 0 Å². The quantitative estimate of drug-likeness (QED) is 0.695. The molecule has 0 spiro atoms. The number of nitrogens with zero attached hydrogens (tertiary/aromatic N) is 1. The summed E-state index contributed by atoms with van der Waals surface area (Å²) in [5, 5.41) is 21.7. The first-order valence-corrected chi connectivity index (χ1v) is 5.21. The second kappa shape index (κ2) is 36.0. The van der Waals surface area contributed by atoms with Gasteiger partial charge in [0.2, 0.25) is 0 Å². The number of rotatable bonds is 1. The molecule has 7 nitrogen and oxygen atoms in total. The minimum Gasteiger partial charge on any atom is -0.481 e. The molecule has 0 aliphatic heterocycles. The fourth-order valence-corrected chi connectivity index (χ4v) is 0.203. The van der Waals surface area contributed by atoms with Gasteiger partial charge in [0, 0.05) is 27.9 Å². The van der Waals surface area contributed by atoms with E-state index in [1.807, 2.05) is 0 Å². The molecular weight excluding hydrogens is 254 g/mol. The Kier molecular flexibility index (Phi) is 57.3. The maximum Gasteiger partial charge on any atom is 0.302 e. The van der Waals surface area contributed by atoms with Crippen molar-refractivity contribution in [3.05, 3.63) is 0 Å². The molecule has 0 rings (SSSR count). The zero-order valence-electron chi connectivity index (χ0n) is 12.7. The number of nitriles is 1. The summed E-state index contributed by atoms with van der Waals surface area (Å²) in [5.41, 5.74) is 0. The van der Waals surface area contributed by atoms with Crippen LogP contribution in [-0.2, 0) is 19.1 Å². The smallest absolute Gasteiger partial charge is 0.302 e. The summed E-state index contributed by atoms with van der Waals surface area (Å²) >= 11 is 0. The van der Waals surface area contributed by atoms with Gasteiger partial charge in [0.1, 0.15) is 5.78 Å². The van der Waals surface area contributed by atoms with Gasteiger partial charge in [-0.3, -0.25) is 9.59 Å².